The van der Waals surface area contributed by atoms with Crippen molar-refractivity contribution >= 4 is 15.9 Å². The molecule has 0 atom stereocenters. The lowest BCUT2D eigenvalue weighted by atomic mass is 10.1. The van der Waals surface area contributed by atoms with Crippen LogP contribution in [0.25, 0.3) is 0 Å². The fourth-order valence-electron chi connectivity index (χ4n) is 3.76. The molecule has 0 unspecified atom stereocenters. The molecule has 0 aromatic heterocycles. The van der Waals surface area contributed by atoms with E-state index in [0.29, 0.717) is 45.1 Å². The van der Waals surface area contributed by atoms with E-state index in [2.05, 4.69) is 0 Å². The van der Waals surface area contributed by atoms with Crippen molar-refractivity contribution in [3.05, 3.63) is 24.3 Å². The highest BCUT2D eigenvalue weighted by Crippen LogP contribution is 2.20. The van der Waals surface area contributed by atoms with Gasteiger partial charge in [0.1, 0.15) is 5.75 Å². The smallest absolute Gasteiger partial charge is 0.277 e. The lowest BCUT2D eigenvalue weighted by molar-refractivity contribution is -0.897. The molecule has 0 radical (unpaired) electrons. The average Bonchev–Trinajstić information content (AvgIpc) is 2.69. The van der Waals surface area contributed by atoms with E-state index >= 15 is 0 Å². The Morgan fingerprint density at radius 1 is 1.04 bits per heavy atom. The zero-order valence-corrected chi connectivity index (χ0v) is 16.8. The van der Waals surface area contributed by atoms with Gasteiger partial charge in [0.05, 0.1) is 24.6 Å². The number of hydrogen-bond acceptors (Lipinski definition) is 4. The van der Waals surface area contributed by atoms with Gasteiger partial charge in [0.25, 0.3) is 5.91 Å². The lowest BCUT2D eigenvalue weighted by Crippen LogP contribution is -3.13. The third-order valence-electron chi connectivity index (χ3n) is 5.33. The van der Waals surface area contributed by atoms with Crippen LogP contribution in [-0.4, -0.2) is 76.0 Å². The molecule has 2 heterocycles. The first-order valence-electron chi connectivity index (χ1n) is 9.85. The second kappa shape index (κ2) is 9.03. The molecule has 0 aliphatic carbocycles. The largest absolute Gasteiger partial charge is 0.494 e. The Morgan fingerprint density at radius 3 is 2.26 bits per heavy atom. The Balaban J connectivity index is 1.55. The molecule has 2 aliphatic rings. The highest BCUT2D eigenvalue weighted by atomic mass is 32.2. The molecule has 3 rings (SSSR count). The fraction of sp³-hybridized carbons (Fsp3) is 0.632. The van der Waals surface area contributed by atoms with Crippen LogP contribution < -0.4 is 9.64 Å². The van der Waals surface area contributed by atoms with Crippen LogP contribution in [0.1, 0.15) is 26.2 Å². The van der Waals surface area contributed by atoms with Gasteiger partial charge in [-0.1, -0.05) is 0 Å². The minimum atomic E-state index is -3.54. The number of amides is 1. The van der Waals surface area contributed by atoms with Gasteiger partial charge in [-0.2, -0.15) is 4.31 Å². The highest BCUT2D eigenvalue weighted by Gasteiger charge is 2.31. The Labute approximate surface area is 161 Å². The summed E-state index contributed by atoms with van der Waals surface area (Å²) in [6.07, 6.45) is 3.65. The minimum absolute atomic E-state index is 0.144. The molecule has 2 saturated heterocycles. The number of carbonyl (C=O) groups is 1. The van der Waals surface area contributed by atoms with Crippen molar-refractivity contribution in [3.63, 3.8) is 0 Å². The summed E-state index contributed by atoms with van der Waals surface area (Å²) < 4.78 is 32.5. The quantitative estimate of drug-likeness (QED) is 0.734. The lowest BCUT2D eigenvalue weighted by Gasteiger charge is -2.34. The van der Waals surface area contributed by atoms with E-state index in [0.717, 1.165) is 13.1 Å². The fourth-order valence-corrected chi connectivity index (χ4v) is 5.18. The maximum absolute atomic E-state index is 12.8. The monoisotopic (exact) mass is 396 g/mol. The van der Waals surface area contributed by atoms with Crippen LogP contribution >= 0.6 is 0 Å². The van der Waals surface area contributed by atoms with Gasteiger partial charge in [0, 0.05) is 26.2 Å². The van der Waals surface area contributed by atoms with Crippen LogP contribution in [0, 0.1) is 0 Å². The molecule has 1 aromatic carbocycles. The Bertz CT molecular complexity index is 722. The molecular weight excluding hydrogens is 366 g/mol. The van der Waals surface area contributed by atoms with Crippen molar-refractivity contribution in [2.75, 3.05) is 52.4 Å². The molecule has 2 fully saturated rings. The number of nitrogens with zero attached hydrogens (tertiary/aromatic N) is 2. The molecule has 8 heteroatoms. The van der Waals surface area contributed by atoms with Crippen molar-refractivity contribution in [1.29, 1.82) is 0 Å². The number of benzene rings is 1. The SMILES string of the molecule is CCOc1ccc(S(=O)(=O)N2CCN(C(=O)C[NH+]3CCCCC3)CC2)cc1. The standard InChI is InChI=1S/C19H29N3O4S/c1-2-26-17-6-8-18(9-7-17)27(24,25)22-14-12-21(13-15-22)19(23)16-20-10-4-3-5-11-20/h6-9H,2-5,10-16H2,1H3/p+1. The zero-order chi connectivity index (χ0) is 19.3. The molecule has 0 spiro atoms. The van der Waals surface area contributed by atoms with Gasteiger partial charge in [-0.3, -0.25) is 4.79 Å². The molecule has 150 valence electrons. The molecule has 1 aromatic rings. The summed E-state index contributed by atoms with van der Waals surface area (Å²) >= 11 is 0. The van der Waals surface area contributed by atoms with Crippen molar-refractivity contribution in [2.45, 2.75) is 31.1 Å². The summed E-state index contributed by atoms with van der Waals surface area (Å²) in [5, 5.41) is 0. The molecule has 1 amide bonds. The molecule has 7 nitrogen and oxygen atoms in total. The van der Waals surface area contributed by atoms with Crippen molar-refractivity contribution in [1.82, 2.24) is 9.21 Å². The van der Waals surface area contributed by atoms with E-state index in [9.17, 15) is 13.2 Å². The van der Waals surface area contributed by atoms with E-state index in [1.54, 1.807) is 24.3 Å². The van der Waals surface area contributed by atoms with Gasteiger partial charge < -0.3 is 14.5 Å². The van der Waals surface area contributed by atoms with Gasteiger partial charge in [0.15, 0.2) is 6.54 Å². The normalized spacial score (nSPS) is 19.8. The first kappa shape index (κ1) is 20.1. The number of rotatable bonds is 6. The molecule has 2 aliphatic heterocycles. The Morgan fingerprint density at radius 2 is 1.67 bits per heavy atom. The molecule has 0 bridgehead atoms. The number of piperazine rings is 1. The van der Waals surface area contributed by atoms with Crippen LogP contribution in [0.4, 0.5) is 0 Å². The molecular formula is C19H30N3O4S+. The van der Waals surface area contributed by atoms with Gasteiger partial charge in [0.2, 0.25) is 10.0 Å². The van der Waals surface area contributed by atoms with E-state index in [1.165, 1.54) is 28.5 Å². The third kappa shape index (κ3) is 5.00. The molecule has 27 heavy (non-hydrogen) atoms. The summed E-state index contributed by atoms with van der Waals surface area (Å²) in [6.45, 7) is 6.71. The topological polar surface area (TPSA) is 71.4 Å². The van der Waals surface area contributed by atoms with Crippen molar-refractivity contribution < 1.29 is 22.8 Å². The number of ether oxygens (including phenoxy) is 1. The Kier molecular flexibility index (Phi) is 6.73. The van der Waals surface area contributed by atoms with E-state index in [-0.39, 0.29) is 10.8 Å². The molecule has 0 saturated carbocycles. The number of hydrogen-bond donors (Lipinski definition) is 1. The van der Waals surface area contributed by atoms with Crippen LogP contribution in [0.3, 0.4) is 0 Å². The van der Waals surface area contributed by atoms with Crippen molar-refractivity contribution in [3.8, 4) is 5.75 Å². The number of nitrogens with one attached hydrogen (secondary N) is 1. The number of carbonyl (C=O) groups excluding carboxylic acids is 1. The second-order valence-corrected chi connectivity index (χ2v) is 9.11. The first-order chi connectivity index (χ1) is 13.0. The van der Waals surface area contributed by atoms with Crippen LogP contribution in [0.5, 0.6) is 5.75 Å². The third-order valence-corrected chi connectivity index (χ3v) is 7.24. The van der Waals surface area contributed by atoms with Gasteiger partial charge in [-0.25, -0.2) is 8.42 Å². The van der Waals surface area contributed by atoms with Gasteiger partial charge in [-0.15, -0.1) is 0 Å². The summed E-state index contributed by atoms with van der Waals surface area (Å²) in [4.78, 5) is 16.0. The number of likely N-dealkylation sites (tertiary alicyclic amines) is 1. The maximum atomic E-state index is 12.8. The van der Waals surface area contributed by atoms with Crippen LogP contribution in [0.2, 0.25) is 0 Å². The number of sulfonamides is 1. The summed E-state index contributed by atoms with van der Waals surface area (Å²) in [5.74, 6) is 0.803. The van der Waals surface area contributed by atoms with E-state index in [4.69, 9.17) is 4.74 Å². The predicted octanol–water partition coefficient (Wildman–Crippen LogP) is -0.0130. The van der Waals surface area contributed by atoms with Gasteiger partial charge >= 0.3 is 0 Å². The van der Waals surface area contributed by atoms with E-state index < -0.39 is 10.0 Å². The molecule has 1 N–H and O–H groups in total. The summed E-state index contributed by atoms with van der Waals surface area (Å²) in [6, 6.07) is 6.52. The number of quaternary nitrogens is 1. The average molecular weight is 397 g/mol. The second-order valence-electron chi connectivity index (χ2n) is 7.18. The van der Waals surface area contributed by atoms with Crippen LogP contribution in [0.15, 0.2) is 29.2 Å². The predicted molar refractivity (Wildman–Crippen MR) is 102 cm³/mol. The summed E-state index contributed by atoms with van der Waals surface area (Å²) in [5.41, 5.74) is 0. The maximum Gasteiger partial charge on any atom is 0.277 e. The minimum Gasteiger partial charge on any atom is -0.494 e. The highest BCUT2D eigenvalue weighted by molar-refractivity contribution is 7.89. The van der Waals surface area contributed by atoms with Gasteiger partial charge in [-0.05, 0) is 50.5 Å². The Hall–Kier alpha value is -1.64. The zero-order valence-electron chi connectivity index (χ0n) is 16.0. The first-order valence-corrected chi connectivity index (χ1v) is 11.3. The van der Waals surface area contributed by atoms with Crippen LogP contribution in [-0.2, 0) is 14.8 Å². The summed E-state index contributed by atoms with van der Waals surface area (Å²) in [7, 11) is -3.54. The van der Waals surface area contributed by atoms with Crippen molar-refractivity contribution in [2.24, 2.45) is 0 Å². The number of piperidine rings is 1. The van der Waals surface area contributed by atoms with E-state index in [1.807, 2.05) is 11.8 Å².